The molecule has 2 unspecified atom stereocenters. The molecule has 0 heterocycles. The predicted molar refractivity (Wildman–Crippen MR) is 55.5 cm³/mol. The Morgan fingerprint density at radius 2 is 2.21 bits per heavy atom. The predicted octanol–water partition coefficient (Wildman–Crippen LogP) is 1.03. The second-order valence-electron chi connectivity index (χ2n) is 4.63. The molecule has 1 aliphatic rings. The zero-order chi connectivity index (χ0) is 10.8. The summed E-state index contributed by atoms with van der Waals surface area (Å²) in [6.07, 6.45) is 3.76. The molecule has 1 fully saturated rings. The van der Waals surface area contributed by atoms with Gasteiger partial charge in [0.25, 0.3) is 10.1 Å². The van der Waals surface area contributed by atoms with Crippen LogP contribution in [0.5, 0.6) is 0 Å². The van der Waals surface area contributed by atoms with Gasteiger partial charge in [-0.25, -0.2) is 0 Å². The summed E-state index contributed by atoms with van der Waals surface area (Å²) in [5, 5.41) is 0. The Balaban J connectivity index is 2.75. The van der Waals surface area contributed by atoms with Crippen molar-refractivity contribution in [2.24, 2.45) is 17.1 Å². The van der Waals surface area contributed by atoms with Crippen LogP contribution in [0.2, 0.25) is 0 Å². The fourth-order valence-corrected chi connectivity index (χ4v) is 3.69. The van der Waals surface area contributed by atoms with Gasteiger partial charge in [0.15, 0.2) is 0 Å². The fourth-order valence-electron chi connectivity index (χ4n) is 2.53. The van der Waals surface area contributed by atoms with E-state index >= 15 is 0 Å². The molecule has 0 aliphatic heterocycles. The average molecular weight is 221 g/mol. The first kappa shape index (κ1) is 11.9. The molecular formula is C9H19NO3S. The molecule has 0 saturated heterocycles. The summed E-state index contributed by atoms with van der Waals surface area (Å²) >= 11 is 0. The van der Waals surface area contributed by atoms with E-state index in [1.807, 2.05) is 0 Å². The molecule has 2 atom stereocenters. The minimum atomic E-state index is -3.90. The lowest BCUT2D eigenvalue weighted by atomic mass is 9.71. The van der Waals surface area contributed by atoms with Crippen molar-refractivity contribution in [3.8, 4) is 0 Å². The molecule has 0 aromatic heterocycles. The lowest BCUT2D eigenvalue weighted by Crippen LogP contribution is -2.41. The molecule has 0 bridgehead atoms. The van der Waals surface area contributed by atoms with Crippen molar-refractivity contribution in [1.82, 2.24) is 0 Å². The number of nitrogens with two attached hydrogens (primary N) is 1. The van der Waals surface area contributed by atoms with Gasteiger partial charge < -0.3 is 5.73 Å². The van der Waals surface area contributed by atoms with E-state index in [2.05, 4.69) is 6.92 Å². The molecule has 5 heteroatoms. The molecule has 1 saturated carbocycles. The Bertz CT molecular complexity index is 288. The Morgan fingerprint density at radius 3 is 2.64 bits per heavy atom. The SMILES string of the molecule is CC1CCCC(CN)(CS(=O)(=O)O)C1. The third kappa shape index (κ3) is 3.22. The zero-order valence-corrected chi connectivity index (χ0v) is 9.39. The monoisotopic (exact) mass is 221 g/mol. The smallest absolute Gasteiger partial charge is 0.265 e. The molecule has 14 heavy (non-hydrogen) atoms. The van der Waals surface area contributed by atoms with Crippen molar-refractivity contribution in [2.75, 3.05) is 12.3 Å². The van der Waals surface area contributed by atoms with Crippen molar-refractivity contribution < 1.29 is 13.0 Å². The maximum absolute atomic E-state index is 10.9. The van der Waals surface area contributed by atoms with Crippen LogP contribution in [-0.2, 0) is 10.1 Å². The van der Waals surface area contributed by atoms with Gasteiger partial charge in [0.2, 0.25) is 0 Å². The van der Waals surface area contributed by atoms with E-state index < -0.39 is 10.1 Å². The summed E-state index contributed by atoms with van der Waals surface area (Å²) in [5.41, 5.74) is 5.25. The molecule has 4 nitrogen and oxygen atoms in total. The normalized spacial score (nSPS) is 34.4. The molecule has 3 N–H and O–H groups in total. The van der Waals surface area contributed by atoms with E-state index in [0.29, 0.717) is 12.5 Å². The quantitative estimate of drug-likeness (QED) is 0.697. The highest BCUT2D eigenvalue weighted by Crippen LogP contribution is 2.39. The van der Waals surface area contributed by atoms with Crippen LogP contribution in [0.1, 0.15) is 32.6 Å². The highest BCUT2D eigenvalue weighted by molar-refractivity contribution is 7.85. The minimum absolute atomic E-state index is 0.180. The maximum atomic E-state index is 10.9. The van der Waals surface area contributed by atoms with Crippen LogP contribution in [0.25, 0.3) is 0 Å². The summed E-state index contributed by atoms with van der Waals surface area (Å²) in [5.74, 6) is 0.329. The fraction of sp³-hybridized carbons (Fsp3) is 1.00. The topological polar surface area (TPSA) is 80.4 Å². The summed E-state index contributed by atoms with van der Waals surface area (Å²) in [6.45, 7) is 2.45. The summed E-state index contributed by atoms with van der Waals surface area (Å²) < 4.78 is 30.6. The van der Waals surface area contributed by atoms with Gasteiger partial charge in [0, 0.05) is 0 Å². The average Bonchev–Trinajstić information content (AvgIpc) is 2.01. The number of rotatable bonds is 3. The third-order valence-electron chi connectivity index (χ3n) is 3.11. The number of hydrogen-bond donors (Lipinski definition) is 2. The van der Waals surface area contributed by atoms with Gasteiger partial charge in [0.1, 0.15) is 0 Å². The highest BCUT2D eigenvalue weighted by atomic mass is 32.2. The Morgan fingerprint density at radius 1 is 1.57 bits per heavy atom. The molecule has 84 valence electrons. The molecule has 0 radical (unpaired) electrons. The second-order valence-corrected chi connectivity index (χ2v) is 6.08. The van der Waals surface area contributed by atoms with Gasteiger partial charge >= 0.3 is 0 Å². The van der Waals surface area contributed by atoms with Crippen LogP contribution < -0.4 is 5.73 Å². The lowest BCUT2D eigenvalue weighted by Gasteiger charge is -2.38. The molecule has 0 amide bonds. The van der Waals surface area contributed by atoms with Crippen molar-refractivity contribution in [3.05, 3.63) is 0 Å². The first-order valence-electron chi connectivity index (χ1n) is 5.02. The summed E-state index contributed by atoms with van der Waals surface area (Å²) in [4.78, 5) is 0. The third-order valence-corrected chi connectivity index (χ3v) is 4.08. The molecule has 1 aliphatic carbocycles. The van der Waals surface area contributed by atoms with Crippen LogP contribution in [0.15, 0.2) is 0 Å². The summed E-state index contributed by atoms with van der Waals surface area (Å²) in [6, 6.07) is 0. The van der Waals surface area contributed by atoms with Crippen molar-refractivity contribution >= 4 is 10.1 Å². The van der Waals surface area contributed by atoms with E-state index in [1.165, 1.54) is 0 Å². The molecule has 0 aromatic carbocycles. The highest BCUT2D eigenvalue weighted by Gasteiger charge is 2.37. The van der Waals surface area contributed by atoms with Crippen LogP contribution in [0.4, 0.5) is 0 Å². The van der Waals surface area contributed by atoms with Gasteiger partial charge in [-0.3, -0.25) is 4.55 Å². The molecule has 1 rings (SSSR count). The molecule has 0 spiro atoms. The maximum Gasteiger partial charge on any atom is 0.265 e. The number of hydrogen-bond acceptors (Lipinski definition) is 3. The summed E-state index contributed by atoms with van der Waals surface area (Å²) in [7, 11) is -3.90. The van der Waals surface area contributed by atoms with E-state index in [4.69, 9.17) is 10.3 Å². The minimum Gasteiger partial charge on any atom is -0.330 e. The van der Waals surface area contributed by atoms with Gasteiger partial charge in [-0.15, -0.1) is 0 Å². The lowest BCUT2D eigenvalue weighted by molar-refractivity contribution is 0.177. The second kappa shape index (κ2) is 4.16. The van der Waals surface area contributed by atoms with Gasteiger partial charge in [-0.05, 0) is 30.7 Å². The van der Waals surface area contributed by atoms with Crippen LogP contribution >= 0.6 is 0 Å². The zero-order valence-electron chi connectivity index (χ0n) is 8.57. The van der Waals surface area contributed by atoms with E-state index in [1.54, 1.807) is 0 Å². The molecular weight excluding hydrogens is 202 g/mol. The Hall–Kier alpha value is -0.130. The van der Waals surface area contributed by atoms with E-state index in [-0.39, 0.29) is 11.2 Å². The van der Waals surface area contributed by atoms with Gasteiger partial charge in [-0.1, -0.05) is 19.8 Å². The van der Waals surface area contributed by atoms with Crippen molar-refractivity contribution in [3.63, 3.8) is 0 Å². The van der Waals surface area contributed by atoms with E-state index in [0.717, 1.165) is 25.7 Å². The van der Waals surface area contributed by atoms with Crippen LogP contribution in [0, 0.1) is 11.3 Å². The van der Waals surface area contributed by atoms with Gasteiger partial charge in [0.05, 0.1) is 5.75 Å². The first-order chi connectivity index (χ1) is 6.37. The van der Waals surface area contributed by atoms with Crippen LogP contribution in [0.3, 0.4) is 0 Å². The van der Waals surface area contributed by atoms with Crippen LogP contribution in [-0.4, -0.2) is 25.3 Å². The van der Waals surface area contributed by atoms with Gasteiger partial charge in [-0.2, -0.15) is 8.42 Å². The van der Waals surface area contributed by atoms with Crippen molar-refractivity contribution in [1.29, 1.82) is 0 Å². The van der Waals surface area contributed by atoms with Crippen molar-refractivity contribution in [2.45, 2.75) is 32.6 Å². The standard InChI is InChI=1S/C9H19NO3S/c1-8-3-2-4-9(5-8,6-10)7-14(11,12)13/h8H,2-7,10H2,1H3,(H,11,12,13). The van der Waals surface area contributed by atoms with E-state index in [9.17, 15) is 8.42 Å². The largest absolute Gasteiger partial charge is 0.330 e. The Kier molecular flexibility index (Phi) is 3.55. The molecule has 0 aromatic rings. The first-order valence-corrected chi connectivity index (χ1v) is 6.63. The Labute approximate surface area is 85.6 Å².